The van der Waals surface area contributed by atoms with Gasteiger partial charge in [-0.05, 0) is 10.8 Å². The molecule has 1 aliphatic rings. The van der Waals surface area contributed by atoms with Crippen molar-refractivity contribution in [1.82, 2.24) is 0 Å². The topological polar surface area (TPSA) is 26.3 Å². The minimum atomic E-state index is -2.68. The van der Waals surface area contributed by atoms with E-state index in [-0.39, 0.29) is 0 Å². The van der Waals surface area contributed by atoms with Gasteiger partial charge in [-0.3, -0.25) is 4.79 Å². The largest absolute Gasteiger partial charge is 0.468 e. The maximum Gasteiger partial charge on any atom is 0.318 e. The highest BCUT2D eigenvalue weighted by atomic mass is 19.3. The molecule has 4 heteroatoms. The Kier molecular flexibility index (Phi) is 2.18. The van der Waals surface area contributed by atoms with Crippen LogP contribution in [-0.2, 0) is 9.53 Å². The highest BCUT2D eigenvalue weighted by Gasteiger charge is 2.86. The molecule has 2 nitrogen and oxygen atoms in total. The van der Waals surface area contributed by atoms with Gasteiger partial charge in [-0.25, -0.2) is 8.78 Å². The summed E-state index contributed by atoms with van der Waals surface area (Å²) in [4.78, 5) is 11.5. The predicted octanol–water partition coefficient (Wildman–Crippen LogP) is 2.48. The first kappa shape index (κ1) is 11.4. The Morgan fingerprint density at radius 1 is 1.14 bits per heavy atom. The number of halogens is 2. The second kappa shape index (κ2) is 2.67. The van der Waals surface area contributed by atoms with E-state index in [0.717, 1.165) is 7.11 Å². The molecule has 1 saturated carbocycles. The molecule has 14 heavy (non-hydrogen) atoms. The predicted molar refractivity (Wildman–Crippen MR) is 48.0 cm³/mol. The molecule has 1 fully saturated rings. The molecule has 0 aromatic heterocycles. The minimum Gasteiger partial charge on any atom is -0.468 e. The van der Waals surface area contributed by atoms with E-state index in [2.05, 4.69) is 4.74 Å². The quantitative estimate of drug-likeness (QED) is 0.649. The number of methoxy groups -OCH3 is 1. The lowest BCUT2D eigenvalue weighted by molar-refractivity contribution is -0.157. The van der Waals surface area contributed by atoms with Gasteiger partial charge >= 0.3 is 5.97 Å². The van der Waals surface area contributed by atoms with Gasteiger partial charge in [0.2, 0.25) is 0 Å². The lowest BCUT2D eigenvalue weighted by atomic mass is 9.95. The third kappa shape index (κ3) is 0.823. The van der Waals surface area contributed by atoms with Crippen LogP contribution >= 0.6 is 0 Å². The summed E-state index contributed by atoms with van der Waals surface area (Å²) in [7, 11) is 1.15. The van der Waals surface area contributed by atoms with Gasteiger partial charge in [-0.1, -0.05) is 27.7 Å². The molecule has 0 bridgehead atoms. The van der Waals surface area contributed by atoms with E-state index in [1.807, 2.05) is 0 Å². The maximum atomic E-state index is 13.0. The van der Waals surface area contributed by atoms with Crippen molar-refractivity contribution in [1.29, 1.82) is 0 Å². The molecule has 0 amide bonds. The third-order valence-electron chi connectivity index (χ3n) is 4.31. The molecule has 82 valence electrons. The second-order valence-corrected chi connectivity index (χ2v) is 4.85. The summed E-state index contributed by atoms with van der Waals surface area (Å²) in [5.41, 5.74) is -3.09. The van der Waals surface area contributed by atoms with Crippen molar-refractivity contribution in [2.24, 2.45) is 16.2 Å². The van der Waals surface area contributed by atoms with Gasteiger partial charge in [0.15, 0.2) is 0 Å². The van der Waals surface area contributed by atoms with Crippen molar-refractivity contribution < 1.29 is 18.3 Å². The zero-order valence-electron chi connectivity index (χ0n) is 9.15. The summed E-state index contributed by atoms with van der Waals surface area (Å²) >= 11 is 0. The van der Waals surface area contributed by atoms with Crippen molar-refractivity contribution in [3.8, 4) is 0 Å². The number of alkyl halides is 2. The average Bonchev–Trinajstić information content (AvgIpc) is 2.38. The minimum absolute atomic E-state index is 0.721. The summed E-state index contributed by atoms with van der Waals surface area (Å²) in [5.74, 6) is -0.803. The van der Waals surface area contributed by atoms with Crippen LogP contribution in [0.4, 0.5) is 8.78 Å². The summed E-state index contributed by atoms with van der Waals surface area (Å²) in [6, 6.07) is 0. The maximum absolute atomic E-state index is 13.0. The first-order valence-corrected chi connectivity index (χ1v) is 4.54. The smallest absolute Gasteiger partial charge is 0.318 e. The zero-order valence-corrected chi connectivity index (χ0v) is 9.15. The molecule has 0 N–H and O–H groups in total. The van der Waals surface area contributed by atoms with Crippen LogP contribution in [0.3, 0.4) is 0 Å². The Morgan fingerprint density at radius 3 is 1.57 bits per heavy atom. The molecular weight excluding hydrogens is 190 g/mol. The molecule has 0 aromatic rings. The number of rotatable bonds is 2. The van der Waals surface area contributed by atoms with Gasteiger partial charge in [0, 0.05) is 0 Å². The average molecular weight is 206 g/mol. The fourth-order valence-corrected chi connectivity index (χ4v) is 2.66. The van der Waals surface area contributed by atoms with Crippen molar-refractivity contribution in [3.63, 3.8) is 0 Å². The number of hydrogen-bond acceptors (Lipinski definition) is 2. The van der Waals surface area contributed by atoms with Gasteiger partial charge in [-0.2, -0.15) is 0 Å². The van der Waals surface area contributed by atoms with E-state index < -0.39 is 28.6 Å². The Bertz CT molecular complexity index is 255. The Morgan fingerprint density at radius 2 is 1.50 bits per heavy atom. The number of carbonyl (C=O) groups is 1. The Hall–Kier alpha value is -0.670. The molecule has 0 aromatic carbocycles. The van der Waals surface area contributed by atoms with Crippen molar-refractivity contribution in [3.05, 3.63) is 0 Å². The van der Waals surface area contributed by atoms with Crippen LogP contribution in [0.15, 0.2) is 0 Å². The summed E-state index contributed by atoms with van der Waals surface area (Å²) in [6.07, 6.45) is -2.68. The monoisotopic (exact) mass is 206 g/mol. The molecule has 0 saturated heterocycles. The number of hydrogen-bond donors (Lipinski definition) is 0. The third-order valence-corrected chi connectivity index (χ3v) is 4.31. The number of carbonyl (C=O) groups excluding carboxylic acids is 1. The van der Waals surface area contributed by atoms with E-state index in [0.29, 0.717) is 0 Å². The lowest BCUT2D eigenvalue weighted by Gasteiger charge is -2.17. The van der Waals surface area contributed by atoms with Gasteiger partial charge in [0.05, 0.1) is 7.11 Å². The van der Waals surface area contributed by atoms with E-state index in [9.17, 15) is 13.6 Å². The van der Waals surface area contributed by atoms with E-state index in [1.54, 1.807) is 27.7 Å². The molecular formula is C10H16F2O2. The summed E-state index contributed by atoms with van der Waals surface area (Å²) in [6.45, 7) is 6.71. The highest BCUT2D eigenvalue weighted by molar-refractivity contribution is 5.84. The number of esters is 1. The Balaban J connectivity index is 3.19. The molecule has 1 aliphatic carbocycles. The molecule has 0 spiro atoms. The standard InChI is InChI=1S/C10H16F2O2/c1-8(2)9(3,4)10(8,6(11)12)7(13)14-5/h6H,1-5H3. The summed E-state index contributed by atoms with van der Waals surface area (Å²) < 4.78 is 30.5. The molecule has 0 radical (unpaired) electrons. The first-order valence-electron chi connectivity index (χ1n) is 4.54. The van der Waals surface area contributed by atoms with Gasteiger partial charge in [0.25, 0.3) is 6.43 Å². The second-order valence-electron chi connectivity index (χ2n) is 4.85. The van der Waals surface area contributed by atoms with Crippen molar-refractivity contribution in [2.45, 2.75) is 34.1 Å². The van der Waals surface area contributed by atoms with Crippen LogP contribution in [0.2, 0.25) is 0 Å². The van der Waals surface area contributed by atoms with Crippen LogP contribution in [0.5, 0.6) is 0 Å². The van der Waals surface area contributed by atoms with Gasteiger partial charge in [-0.15, -0.1) is 0 Å². The highest BCUT2D eigenvalue weighted by Crippen LogP contribution is 2.80. The molecule has 0 aliphatic heterocycles. The zero-order chi connectivity index (χ0) is 11.4. The van der Waals surface area contributed by atoms with E-state index in [1.165, 1.54) is 0 Å². The Labute approximate surface area is 82.6 Å². The van der Waals surface area contributed by atoms with E-state index in [4.69, 9.17) is 0 Å². The SMILES string of the molecule is COC(=O)C1(C(F)F)C(C)(C)C1(C)C. The van der Waals surface area contributed by atoms with Crippen LogP contribution in [0.25, 0.3) is 0 Å². The molecule has 0 atom stereocenters. The first-order chi connectivity index (χ1) is 6.17. The number of ether oxygens (including phenoxy) is 1. The van der Waals surface area contributed by atoms with Crippen molar-refractivity contribution >= 4 is 5.97 Å². The molecule has 1 rings (SSSR count). The van der Waals surface area contributed by atoms with Crippen LogP contribution in [0.1, 0.15) is 27.7 Å². The van der Waals surface area contributed by atoms with Gasteiger partial charge < -0.3 is 4.74 Å². The normalized spacial score (nSPS) is 26.0. The van der Waals surface area contributed by atoms with Crippen LogP contribution in [-0.4, -0.2) is 19.5 Å². The van der Waals surface area contributed by atoms with Crippen molar-refractivity contribution in [2.75, 3.05) is 7.11 Å². The lowest BCUT2D eigenvalue weighted by Crippen LogP contribution is -2.32. The van der Waals surface area contributed by atoms with Gasteiger partial charge in [0.1, 0.15) is 5.41 Å². The van der Waals surface area contributed by atoms with Crippen LogP contribution < -0.4 is 0 Å². The molecule has 0 heterocycles. The summed E-state index contributed by atoms with van der Waals surface area (Å²) in [5, 5.41) is 0. The fraction of sp³-hybridized carbons (Fsp3) is 0.900. The fourth-order valence-electron chi connectivity index (χ4n) is 2.66. The van der Waals surface area contributed by atoms with Crippen LogP contribution in [0, 0.1) is 16.2 Å². The van der Waals surface area contributed by atoms with E-state index >= 15 is 0 Å². The molecule has 0 unspecified atom stereocenters.